The van der Waals surface area contributed by atoms with E-state index in [-0.39, 0.29) is 31.4 Å². The Morgan fingerprint density at radius 1 is 1.40 bits per heavy atom. The van der Waals surface area contributed by atoms with E-state index in [4.69, 9.17) is 10.5 Å². The molecule has 0 saturated heterocycles. The summed E-state index contributed by atoms with van der Waals surface area (Å²) >= 11 is 0. The van der Waals surface area contributed by atoms with E-state index in [0.29, 0.717) is 18.0 Å². The summed E-state index contributed by atoms with van der Waals surface area (Å²) in [6.07, 6.45) is 0.213. The lowest BCUT2D eigenvalue weighted by Gasteiger charge is -2.16. The maximum atomic E-state index is 11.8. The number of hydrogen-bond acceptors (Lipinski definition) is 4. The van der Waals surface area contributed by atoms with Crippen molar-refractivity contribution >= 4 is 17.5 Å². The highest BCUT2D eigenvalue weighted by Crippen LogP contribution is 2.14. The van der Waals surface area contributed by atoms with Crippen LogP contribution in [0.5, 0.6) is 5.75 Å². The summed E-state index contributed by atoms with van der Waals surface area (Å²) in [6.45, 7) is 2.70. The van der Waals surface area contributed by atoms with Gasteiger partial charge in [0.05, 0.1) is 19.6 Å². The third-order valence-electron chi connectivity index (χ3n) is 2.62. The van der Waals surface area contributed by atoms with Crippen molar-refractivity contribution in [3.05, 3.63) is 24.3 Å². The Bertz CT molecular complexity index is 463. The molecule has 0 unspecified atom stereocenters. The fraction of sp³-hybridized carbons (Fsp3) is 0.429. The van der Waals surface area contributed by atoms with E-state index in [1.165, 1.54) is 4.90 Å². The Labute approximate surface area is 118 Å². The molecule has 0 spiro atoms. The summed E-state index contributed by atoms with van der Waals surface area (Å²) in [4.78, 5) is 24.5. The van der Waals surface area contributed by atoms with Crippen LogP contribution in [0.1, 0.15) is 13.3 Å². The van der Waals surface area contributed by atoms with Gasteiger partial charge in [0, 0.05) is 25.3 Å². The van der Waals surface area contributed by atoms with E-state index in [1.54, 1.807) is 31.3 Å². The first-order valence-corrected chi connectivity index (χ1v) is 6.52. The normalized spacial score (nSPS) is 9.90. The van der Waals surface area contributed by atoms with Crippen LogP contribution in [-0.2, 0) is 9.59 Å². The third-order valence-corrected chi connectivity index (χ3v) is 2.62. The number of rotatable bonds is 7. The summed E-state index contributed by atoms with van der Waals surface area (Å²) < 4.78 is 5.43. The molecular weight excluding hydrogens is 258 g/mol. The molecule has 6 heteroatoms. The predicted octanol–water partition coefficient (Wildman–Crippen LogP) is 0.632. The van der Waals surface area contributed by atoms with Crippen LogP contribution in [0.4, 0.5) is 5.69 Å². The second kappa shape index (κ2) is 8.04. The molecule has 2 amide bonds. The molecule has 6 nitrogen and oxygen atoms in total. The molecule has 1 rings (SSSR count). The average molecular weight is 279 g/mol. The van der Waals surface area contributed by atoms with Crippen molar-refractivity contribution in [2.24, 2.45) is 0 Å². The number of ether oxygens (including phenoxy) is 1. The van der Waals surface area contributed by atoms with Crippen LogP contribution >= 0.6 is 0 Å². The monoisotopic (exact) mass is 279 g/mol. The van der Waals surface area contributed by atoms with Gasteiger partial charge in [0.2, 0.25) is 11.8 Å². The predicted molar refractivity (Wildman–Crippen MR) is 77.3 cm³/mol. The van der Waals surface area contributed by atoms with Gasteiger partial charge >= 0.3 is 0 Å². The molecule has 1 aromatic rings. The van der Waals surface area contributed by atoms with Gasteiger partial charge in [-0.25, -0.2) is 0 Å². The van der Waals surface area contributed by atoms with E-state index in [2.05, 4.69) is 5.32 Å². The van der Waals surface area contributed by atoms with Crippen LogP contribution in [-0.4, -0.2) is 43.5 Å². The summed E-state index contributed by atoms with van der Waals surface area (Å²) in [5.41, 5.74) is 6.24. The molecule has 0 bridgehead atoms. The number of nitrogens with two attached hydrogens (primary N) is 1. The molecule has 1 aromatic carbocycles. The molecule has 110 valence electrons. The largest absolute Gasteiger partial charge is 0.493 e. The van der Waals surface area contributed by atoms with Gasteiger partial charge in [-0.3, -0.25) is 9.59 Å². The van der Waals surface area contributed by atoms with Crippen LogP contribution in [0.3, 0.4) is 0 Å². The Hall–Kier alpha value is -2.24. The molecule has 3 N–H and O–H groups in total. The van der Waals surface area contributed by atoms with E-state index in [0.717, 1.165) is 0 Å². The topological polar surface area (TPSA) is 84.7 Å². The number of benzene rings is 1. The summed E-state index contributed by atoms with van der Waals surface area (Å²) in [5, 5.41) is 2.64. The van der Waals surface area contributed by atoms with Gasteiger partial charge in [-0.2, -0.15) is 0 Å². The van der Waals surface area contributed by atoms with Crippen molar-refractivity contribution in [2.75, 3.05) is 32.5 Å². The number of nitrogens with one attached hydrogen (secondary N) is 1. The van der Waals surface area contributed by atoms with E-state index >= 15 is 0 Å². The van der Waals surface area contributed by atoms with E-state index in [1.807, 2.05) is 6.92 Å². The van der Waals surface area contributed by atoms with Gasteiger partial charge in [-0.1, -0.05) is 6.07 Å². The number of nitrogens with zero attached hydrogens (tertiary/aromatic N) is 1. The number of likely N-dealkylation sites (N-methyl/N-ethyl adjacent to an activating group) is 2. The summed E-state index contributed by atoms with van der Waals surface area (Å²) in [6, 6.07) is 7.02. The first-order chi connectivity index (χ1) is 9.52. The molecule has 0 aliphatic rings. The number of anilines is 1. The van der Waals surface area contributed by atoms with Crippen LogP contribution in [0, 0.1) is 0 Å². The number of nitrogen functional groups attached to an aromatic ring is 1. The highest BCUT2D eigenvalue weighted by Gasteiger charge is 2.12. The first kappa shape index (κ1) is 15.8. The minimum atomic E-state index is -0.167. The molecule has 0 heterocycles. The number of hydrogen-bond donors (Lipinski definition) is 2. The van der Waals surface area contributed by atoms with Crippen molar-refractivity contribution in [3.63, 3.8) is 0 Å². The Kier molecular flexibility index (Phi) is 6.36. The highest BCUT2D eigenvalue weighted by molar-refractivity contribution is 5.84. The van der Waals surface area contributed by atoms with Crippen molar-refractivity contribution < 1.29 is 14.3 Å². The third kappa shape index (κ3) is 5.60. The van der Waals surface area contributed by atoms with Gasteiger partial charge in [0.25, 0.3) is 0 Å². The maximum absolute atomic E-state index is 11.8. The standard InChI is InChI=1S/C14H21N3O3/c1-3-16-13(18)10-17(2)14(19)7-8-20-12-6-4-5-11(15)9-12/h4-6,9H,3,7-8,10,15H2,1-2H3,(H,16,18). The number of carbonyl (C=O) groups excluding carboxylic acids is 2. The molecule has 0 saturated carbocycles. The van der Waals surface area contributed by atoms with Gasteiger partial charge in [-0.05, 0) is 19.1 Å². The Balaban J connectivity index is 2.30. The second-order valence-corrected chi connectivity index (χ2v) is 4.37. The summed E-state index contributed by atoms with van der Waals surface area (Å²) in [7, 11) is 1.60. The van der Waals surface area contributed by atoms with Gasteiger partial charge in [0.15, 0.2) is 0 Å². The minimum Gasteiger partial charge on any atom is -0.493 e. The zero-order chi connectivity index (χ0) is 15.0. The van der Waals surface area contributed by atoms with Gasteiger partial charge < -0.3 is 20.7 Å². The van der Waals surface area contributed by atoms with E-state index < -0.39 is 0 Å². The van der Waals surface area contributed by atoms with E-state index in [9.17, 15) is 9.59 Å². The fourth-order valence-electron chi connectivity index (χ4n) is 1.61. The Morgan fingerprint density at radius 2 is 2.15 bits per heavy atom. The second-order valence-electron chi connectivity index (χ2n) is 4.37. The van der Waals surface area contributed by atoms with Gasteiger partial charge in [0.1, 0.15) is 5.75 Å². The van der Waals surface area contributed by atoms with Crippen LogP contribution in [0.25, 0.3) is 0 Å². The molecule has 0 aromatic heterocycles. The van der Waals surface area contributed by atoms with Crippen molar-refractivity contribution in [3.8, 4) is 5.75 Å². The fourth-order valence-corrected chi connectivity index (χ4v) is 1.61. The molecule has 0 aliphatic heterocycles. The molecular formula is C14H21N3O3. The van der Waals surface area contributed by atoms with Crippen LogP contribution in [0.15, 0.2) is 24.3 Å². The maximum Gasteiger partial charge on any atom is 0.239 e. The lowest BCUT2D eigenvalue weighted by atomic mass is 10.3. The first-order valence-electron chi connectivity index (χ1n) is 6.52. The molecule has 0 aliphatic carbocycles. The molecule has 0 radical (unpaired) electrons. The molecule has 0 fully saturated rings. The van der Waals surface area contributed by atoms with Gasteiger partial charge in [-0.15, -0.1) is 0 Å². The SMILES string of the molecule is CCNC(=O)CN(C)C(=O)CCOc1cccc(N)c1. The van der Waals surface area contributed by atoms with Crippen LogP contribution < -0.4 is 15.8 Å². The van der Waals surface area contributed by atoms with Crippen LogP contribution in [0.2, 0.25) is 0 Å². The smallest absolute Gasteiger partial charge is 0.239 e. The zero-order valence-electron chi connectivity index (χ0n) is 11.9. The minimum absolute atomic E-state index is 0.0605. The highest BCUT2D eigenvalue weighted by atomic mass is 16.5. The summed E-state index contributed by atoms with van der Waals surface area (Å²) in [5.74, 6) is 0.324. The Morgan fingerprint density at radius 3 is 2.80 bits per heavy atom. The number of amides is 2. The zero-order valence-corrected chi connectivity index (χ0v) is 11.9. The van der Waals surface area contributed by atoms with Crippen molar-refractivity contribution in [1.29, 1.82) is 0 Å². The molecule has 20 heavy (non-hydrogen) atoms. The molecule has 0 atom stereocenters. The van der Waals surface area contributed by atoms with Crippen molar-refractivity contribution in [2.45, 2.75) is 13.3 Å². The lowest BCUT2D eigenvalue weighted by molar-refractivity contribution is -0.135. The quantitative estimate of drug-likeness (QED) is 0.717. The number of carbonyl (C=O) groups is 2. The lowest BCUT2D eigenvalue weighted by Crippen LogP contribution is -2.38. The van der Waals surface area contributed by atoms with Crippen molar-refractivity contribution in [1.82, 2.24) is 10.2 Å². The average Bonchev–Trinajstić information content (AvgIpc) is 2.38.